The van der Waals surface area contributed by atoms with Crippen LogP contribution in [0.4, 0.5) is 5.95 Å². The highest BCUT2D eigenvalue weighted by Gasteiger charge is 2.35. The van der Waals surface area contributed by atoms with E-state index < -0.39 is 21.4 Å². The molecule has 0 aromatic carbocycles. The Hall–Kier alpha value is -4.04. The zero-order valence-corrected chi connectivity index (χ0v) is 23.1. The molecule has 0 radical (unpaired) electrons. The van der Waals surface area contributed by atoms with Crippen molar-refractivity contribution in [2.75, 3.05) is 26.1 Å². The molecule has 0 saturated heterocycles. The number of hydrogen-bond acceptors (Lipinski definition) is 11. The van der Waals surface area contributed by atoms with Gasteiger partial charge in [-0.25, -0.2) is 18.4 Å². The first kappa shape index (κ1) is 28.5. The van der Waals surface area contributed by atoms with Crippen LogP contribution in [0, 0.1) is 13.8 Å². The maximum atomic E-state index is 13.6. The molecule has 38 heavy (non-hydrogen) atoms. The molecule has 0 amide bonds. The molecule has 3 rings (SSSR count). The van der Waals surface area contributed by atoms with Crippen molar-refractivity contribution in [3.8, 4) is 11.5 Å². The smallest absolute Gasteiger partial charge is 0.243 e. The van der Waals surface area contributed by atoms with Crippen molar-refractivity contribution < 1.29 is 27.2 Å². The average molecular weight is 546 g/mol. The molecule has 1 N–H and O–H groups in total. The maximum absolute atomic E-state index is 13.6. The summed E-state index contributed by atoms with van der Waals surface area (Å²) in [5.74, 6) is 1.45. The first-order valence-corrected chi connectivity index (χ1v) is 13.0. The van der Waals surface area contributed by atoms with Crippen LogP contribution in [0.25, 0.3) is 17.2 Å². The van der Waals surface area contributed by atoms with Gasteiger partial charge in [-0.3, -0.25) is 9.29 Å². The molecule has 14 heteroatoms. The van der Waals surface area contributed by atoms with Gasteiger partial charge >= 0.3 is 0 Å². The van der Waals surface area contributed by atoms with Gasteiger partial charge in [0, 0.05) is 25.6 Å². The Morgan fingerprint density at radius 2 is 1.84 bits per heavy atom. The predicted molar refractivity (Wildman–Crippen MR) is 140 cm³/mol. The number of nitrogens with one attached hydrogen (secondary N) is 1. The summed E-state index contributed by atoms with van der Waals surface area (Å²) in [6.07, 6.45) is 5.32. The third kappa shape index (κ3) is 5.92. The van der Waals surface area contributed by atoms with Gasteiger partial charge in [-0.15, -0.1) is 10.2 Å². The van der Waals surface area contributed by atoms with Gasteiger partial charge < -0.3 is 18.7 Å². The molecule has 0 bridgehead atoms. The van der Waals surface area contributed by atoms with E-state index in [2.05, 4.69) is 36.6 Å². The highest BCUT2D eigenvalue weighted by atomic mass is 32.2. The first-order valence-electron chi connectivity index (χ1n) is 11.4. The highest BCUT2D eigenvalue weighted by Crippen LogP contribution is 2.33. The second kappa shape index (κ2) is 12.0. The second-order valence-electron chi connectivity index (χ2n) is 8.21. The van der Waals surface area contributed by atoms with Crippen molar-refractivity contribution in [1.29, 1.82) is 0 Å². The fourth-order valence-corrected chi connectivity index (χ4v) is 4.66. The van der Waals surface area contributed by atoms with E-state index in [4.69, 9.17) is 18.7 Å². The van der Waals surface area contributed by atoms with E-state index in [-0.39, 0.29) is 17.6 Å². The van der Waals surface area contributed by atoms with Crippen LogP contribution in [0.2, 0.25) is 0 Å². The number of aryl methyl sites for hydroxylation is 2. The summed E-state index contributed by atoms with van der Waals surface area (Å²) >= 11 is 0. The minimum Gasteiger partial charge on any atom is -0.499 e. The summed E-state index contributed by atoms with van der Waals surface area (Å²) in [7, 11) is 0.172. The van der Waals surface area contributed by atoms with E-state index in [0.29, 0.717) is 28.7 Å². The van der Waals surface area contributed by atoms with E-state index in [1.165, 1.54) is 38.9 Å². The lowest BCUT2D eigenvalue weighted by molar-refractivity contribution is 0.0949. The van der Waals surface area contributed by atoms with Crippen LogP contribution in [0.1, 0.15) is 37.1 Å². The molecular weight excluding hydrogens is 514 g/mol. The van der Waals surface area contributed by atoms with Gasteiger partial charge in [0.2, 0.25) is 16.0 Å². The second-order valence-corrected chi connectivity index (χ2v) is 10.2. The number of aromatic nitrogens is 6. The summed E-state index contributed by atoms with van der Waals surface area (Å²) in [6.45, 7) is 10.4. The van der Waals surface area contributed by atoms with Gasteiger partial charge in [-0.05, 0) is 39.3 Å². The molecule has 0 aliphatic rings. The standard InChI is InChI=1S/C24H31N7O6S/c1-9-10-19(35-7)20(16(4)34-6)31-23(18-11-15(3)37-29-18)27-28-24(31)30-38(32,33)17(5)21(36-8)22-25-12-14(2)13-26-22/h9-13,17,21H,1H2,2-8H3,(H,28,30)/b19-10+,20-16-/t17-,21-/m0/s1. The van der Waals surface area contributed by atoms with Gasteiger partial charge in [-0.1, -0.05) is 17.8 Å². The molecule has 0 saturated carbocycles. The Morgan fingerprint density at radius 3 is 2.37 bits per heavy atom. The van der Waals surface area contributed by atoms with Crippen LogP contribution in [0.3, 0.4) is 0 Å². The topological polar surface area (TPSA) is 156 Å². The van der Waals surface area contributed by atoms with Crippen LogP contribution in [-0.4, -0.2) is 64.9 Å². The van der Waals surface area contributed by atoms with Crippen molar-refractivity contribution >= 4 is 21.7 Å². The SMILES string of the molecule is C=C/C=C(OC)\C(=C(/C)OC)n1c(NS(=O)(=O)[C@@H](C)[C@H](OC)c2ncc(C)cn2)nnc1-c1cc(C)on1. The summed E-state index contributed by atoms with van der Waals surface area (Å²) in [4.78, 5) is 8.47. The average Bonchev–Trinajstić information content (AvgIpc) is 3.50. The lowest BCUT2D eigenvalue weighted by Gasteiger charge is -2.23. The maximum Gasteiger partial charge on any atom is 0.243 e. The Bertz CT molecular complexity index is 1440. The molecule has 0 unspecified atom stereocenters. The molecule has 0 aliphatic carbocycles. The van der Waals surface area contributed by atoms with Gasteiger partial charge in [0.15, 0.2) is 17.3 Å². The van der Waals surface area contributed by atoms with Crippen LogP contribution in [0.15, 0.2) is 53.2 Å². The van der Waals surface area contributed by atoms with Crippen LogP contribution >= 0.6 is 0 Å². The van der Waals surface area contributed by atoms with E-state index >= 15 is 0 Å². The summed E-state index contributed by atoms with van der Waals surface area (Å²) < 4.78 is 52.9. The number of nitrogens with zero attached hydrogens (tertiary/aromatic N) is 6. The molecule has 0 aliphatic heterocycles. The zero-order valence-electron chi connectivity index (χ0n) is 22.3. The van der Waals surface area contributed by atoms with E-state index in [9.17, 15) is 8.42 Å². The van der Waals surface area contributed by atoms with Gasteiger partial charge in [0.1, 0.15) is 34.3 Å². The molecule has 3 heterocycles. The fraction of sp³-hybridized carbons (Fsp3) is 0.375. The third-order valence-corrected chi connectivity index (χ3v) is 7.26. The van der Waals surface area contributed by atoms with Crippen molar-refractivity contribution in [1.82, 2.24) is 29.9 Å². The van der Waals surface area contributed by atoms with Gasteiger partial charge in [0.05, 0.1) is 14.2 Å². The van der Waals surface area contributed by atoms with E-state index in [0.717, 1.165) is 5.56 Å². The number of rotatable bonds is 12. The fourth-order valence-electron chi connectivity index (χ4n) is 3.53. The zero-order chi connectivity index (χ0) is 28.0. The Kier molecular flexibility index (Phi) is 9.01. The number of sulfonamides is 1. The highest BCUT2D eigenvalue weighted by molar-refractivity contribution is 7.93. The third-order valence-electron chi connectivity index (χ3n) is 5.56. The number of hydrogen-bond donors (Lipinski definition) is 1. The van der Waals surface area contributed by atoms with Gasteiger partial charge in [0.25, 0.3) is 0 Å². The summed E-state index contributed by atoms with van der Waals surface area (Å²) in [5.41, 5.74) is 1.45. The molecule has 204 valence electrons. The predicted octanol–water partition coefficient (Wildman–Crippen LogP) is 3.41. The largest absolute Gasteiger partial charge is 0.499 e. The lowest BCUT2D eigenvalue weighted by atomic mass is 10.2. The van der Waals surface area contributed by atoms with E-state index in [1.807, 2.05) is 6.92 Å². The number of ether oxygens (including phenoxy) is 3. The molecular formula is C24H31N7O6S. The van der Waals surface area contributed by atoms with Crippen molar-refractivity contribution in [3.05, 3.63) is 65.9 Å². The molecule has 3 aromatic heterocycles. The van der Waals surface area contributed by atoms with Crippen LogP contribution in [-0.2, 0) is 24.2 Å². The van der Waals surface area contributed by atoms with Crippen molar-refractivity contribution in [2.24, 2.45) is 0 Å². The number of anilines is 1. The van der Waals surface area contributed by atoms with Crippen LogP contribution in [0.5, 0.6) is 0 Å². The first-order chi connectivity index (χ1) is 18.1. The molecule has 13 nitrogen and oxygen atoms in total. The molecule has 2 atom stereocenters. The van der Waals surface area contributed by atoms with E-state index in [1.54, 1.807) is 38.4 Å². The monoisotopic (exact) mass is 545 g/mol. The summed E-state index contributed by atoms with van der Waals surface area (Å²) in [5, 5.41) is 11.2. The van der Waals surface area contributed by atoms with Gasteiger partial charge in [-0.2, -0.15) is 0 Å². The Balaban J connectivity index is 2.17. The normalized spacial score (nSPS) is 14.4. The Morgan fingerprint density at radius 1 is 1.16 bits per heavy atom. The minimum atomic E-state index is -4.15. The number of methoxy groups -OCH3 is 3. The molecule has 3 aromatic rings. The quantitative estimate of drug-likeness (QED) is 0.263. The summed E-state index contributed by atoms with van der Waals surface area (Å²) in [6, 6.07) is 1.64. The lowest BCUT2D eigenvalue weighted by Crippen LogP contribution is -2.33. The molecule has 0 spiro atoms. The Labute approximate surface area is 221 Å². The number of allylic oxidation sites excluding steroid dienone is 4. The van der Waals surface area contributed by atoms with Crippen LogP contribution < -0.4 is 4.72 Å². The molecule has 0 fully saturated rings. The van der Waals surface area contributed by atoms with Crippen molar-refractivity contribution in [3.63, 3.8) is 0 Å². The van der Waals surface area contributed by atoms with Crippen molar-refractivity contribution in [2.45, 2.75) is 39.0 Å². The minimum absolute atomic E-state index is 0.148.